The number of ether oxygens (including phenoxy) is 2. The predicted molar refractivity (Wildman–Crippen MR) is 55.9 cm³/mol. The number of nitrogens with one attached hydrogen (secondary N) is 1. The van der Waals surface area contributed by atoms with E-state index in [1.54, 1.807) is 7.11 Å². The summed E-state index contributed by atoms with van der Waals surface area (Å²) in [5, 5.41) is 2.69. The Morgan fingerprint density at radius 2 is 2.47 bits per heavy atom. The fraction of sp³-hybridized carbons (Fsp3) is 0.889. The van der Waals surface area contributed by atoms with Gasteiger partial charge in [0.05, 0.1) is 6.61 Å². The molecule has 1 saturated heterocycles. The second-order valence-electron chi connectivity index (χ2n) is 3.49. The Hall–Kier alpha value is -0.593. The first-order valence-corrected chi connectivity index (χ1v) is 6.01. The number of epoxide rings is 1. The standard InChI is InChI=1S/C9H17NO4Si/c1-7(15-12-2)3-4-10-9(11)14-6-8-5-13-8/h7-8H,3-6H2,1-2H3,(H,10,11). The first-order chi connectivity index (χ1) is 7.22. The van der Waals surface area contributed by atoms with Gasteiger partial charge >= 0.3 is 6.09 Å². The molecule has 6 heteroatoms. The molecule has 86 valence electrons. The zero-order valence-electron chi connectivity index (χ0n) is 9.12. The molecular weight excluding hydrogens is 214 g/mol. The molecule has 1 amide bonds. The minimum Gasteiger partial charge on any atom is -0.447 e. The maximum atomic E-state index is 11.1. The van der Waals surface area contributed by atoms with E-state index in [1.807, 2.05) is 0 Å². The van der Waals surface area contributed by atoms with Crippen molar-refractivity contribution in [2.75, 3.05) is 26.9 Å². The van der Waals surface area contributed by atoms with Crippen LogP contribution in [-0.4, -0.2) is 48.8 Å². The van der Waals surface area contributed by atoms with Crippen LogP contribution in [0.15, 0.2) is 0 Å². The summed E-state index contributed by atoms with van der Waals surface area (Å²) < 4.78 is 14.8. The summed E-state index contributed by atoms with van der Waals surface area (Å²) in [6.45, 7) is 3.79. The lowest BCUT2D eigenvalue weighted by Crippen LogP contribution is -2.27. The van der Waals surface area contributed by atoms with Gasteiger partial charge in [0, 0.05) is 13.7 Å². The number of rotatable bonds is 7. The van der Waals surface area contributed by atoms with Crippen molar-refractivity contribution >= 4 is 15.9 Å². The van der Waals surface area contributed by atoms with Gasteiger partial charge in [-0.15, -0.1) is 0 Å². The maximum Gasteiger partial charge on any atom is 0.407 e. The molecule has 1 rings (SSSR count). The van der Waals surface area contributed by atoms with Crippen molar-refractivity contribution in [1.82, 2.24) is 5.32 Å². The van der Waals surface area contributed by atoms with Crippen LogP contribution in [0, 0.1) is 0 Å². The minimum absolute atomic E-state index is 0.129. The van der Waals surface area contributed by atoms with E-state index in [0.29, 0.717) is 35.1 Å². The molecule has 5 nitrogen and oxygen atoms in total. The van der Waals surface area contributed by atoms with Crippen LogP contribution in [0.2, 0.25) is 5.54 Å². The largest absolute Gasteiger partial charge is 0.447 e. The van der Waals surface area contributed by atoms with E-state index in [4.69, 9.17) is 13.9 Å². The van der Waals surface area contributed by atoms with Gasteiger partial charge in [-0.1, -0.05) is 6.92 Å². The van der Waals surface area contributed by atoms with Gasteiger partial charge in [-0.25, -0.2) is 4.79 Å². The molecule has 0 bridgehead atoms. The number of carbonyl (C=O) groups is 1. The Morgan fingerprint density at radius 3 is 3.07 bits per heavy atom. The number of hydrogen-bond donors (Lipinski definition) is 1. The topological polar surface area (TPSA) is 60.1 Å². The van der Waals surface area contributed by atoms with Gasteiger partial charge in [-0.2, -0.15) is 0 Å². The van der Waals surface area contributed by atoms with Crippen LogP contribution in [-0.2, 0) is 13.9 Å². The fourth-order valence-corrected chi connectivity index (χ4v) is 1.70. The van der Waals surface area contributed by atoms with Crippen LogP contribution in [0.4, 0.5) is 4.79 Å². The van der Waals surface area contributed by atoms with Crippen molar-refractivity contribution in [3.63, 3.8) is 0 Å². The third-order valence-electron chi connectivity index (χ3n) is 1.97. The van der Waals surface area contributed by atoms with Crippen molar-refractivity contribution in [3.05, 3.63) is 0 Å². The Labute approximate surface area is 92.4 Å². The Balaban J connectivity index is 1.91. The van der Waals surface area contributed by atoms with E-state index in [0.717, 1.165) is 6.42 Å². The molecule has 15 heavy (non-hydrogen) atoms. The third kappa shape index (κ3) is 6.48. The molecule has 2 radical (unpaired) electrons. The van der Waals surface area contributed by atoms with Crippen LogP contribution in [0.25, 0.3) is 0 Å². The molecule has 1 N–H and O–H groups in total. The Kier molecular flexibility index (Phi) is 5.67. The molecule has 0 aromatic carbocycles. The van der Waals surface area contributed by atoms with E-state index < -0.39 is 0 Å². The average Bonchev–Trinajstić information content (AvgIpc) is 2.98. The van der Waals surface area contributed by atoms with Gasteiger partial charge in [0.1, 0.15) is 12.7 Å². The van der Waals surface area contributed by atoms with E-state index in [2.05, 4.69) is 12.2 Å². The van der Waals surface area contributed by atoms with Crippen molar-refractivity contribution in [2.24, 2.45) is 0 Å². The zero-order chi connectivity index (χ0) is 11.1. The summed E-state index contributed by atoms with van der Waals surface area (Å²) in [6, 6.07) is 0. The molecule has 1 aliphatic rings. The van der Waals surface area contributed by atoms with Crippen LogP contribution >= 0.6 is 0 Å². The van der Waals surface area contributed by atoms with Crippen molar-refractivity contribution in [1.29, 1.82) is 0 Å². The first kappa shape index (κ1) is 12.5. The Bertz CT molecular complexity index is 199. The maximum absolute atomic E-state index is 11.1. The summed E-state index contributed by atoms with van der Waals surface area (Å²) in [7, 11) is 2.17. The van der Waals surface area contributed by atoms with Crippen LogP contribution in [0.5, 0.6) is 0 Å². The van der Waals surface area contributed by atoms with E-state index in [-0.39, 0.29) is 12.2 Å². The van der Waals surface area contributed by atoms with Gasteiger partial charge in [0.2, 0.25) is 9.76 Å². The highest BCUT2D eigenvalue weighted by Gasteiger charge is 2.24. The van der Waals surface area contributed by atoms with Crippen LogP contribution < -0.4 is 5.32 Å². The number of hydrogen-bond acceptors (Lipinski definition) is 4. The normalized spacial score (nSPS) is 20.8. The van der Waals surface area contributed by atoms with Crippen LogP contribution in [0.1, 0.15) is 13.3 Å². The summed E-state index contributed by atoms with van der Waals surface area (Å²) >= 11 is 0. The highest BCUT2D eigenvalue weighted by molar-refractivity contribution is 6.29. The van der Waals surface area contributed by atoms with Crippen molar-refractivity contribution < 1.29 is 18.7 Å². The smallest absolute Gasteiger partial charge is 0.407 e. The summed E-state index contributed by atoms with van der Waals surface area (Å²) in [6.07, 6.45) is 0.671. The molecule has 2 unspecified atom stereocenters. The molecule has 1 heterocycles. The van der Waals surface area contributed by atoms with Crippen molar-refractivity contribution in [2.45, 2.75) is 25.0 Å². The summed E-state index contributed by atoms with van der Waals surface area (Å²) in [5.74, 6) is 0. The van der Waals surface area contributed by atoms with Gasteiger partial charge in [-0.3, -0.25) is 0 Å². The number of carbonyl (C=O) groups excluding carboxylic acids is 1. The second-order valence-corrected chi connectivity index (χ2v) is 5.12. The highest BCUT2D eigenvalue weighted by atomic mass is 28.2. The summed E-state index contributed by atoms with van der Waals surface area (Å²) in [4.78, 5) is 11.1. The van der Waals surface area contributed by atoms with Gasteiger partial charge < -0.3 is 19.2 Å². The first-order valence-electron chi connectivity index (χ1n) is 5.03. The molecule has 2 atom stereocenters. The highest BCUT2D eigenvalue weighted by Crippen LogP contribution is 2.08. The SMILES string of the molecule is CO[Si]C(C)CCNC(=O)OCC1CO1. The predicted octanol–water partition coefficient (Wildman–Crippen LogP) is 0.575. The zero-order valence-corrected chi connectivity index (χ0v) is 10.1. The third-order valence-corrected chi connectivity index (χ3v) is 2.90. The molecule has 0 spiro atoms. The average molecular weight is 231 g/mol. The lowest BCUT2D eigenvalue weighted by Gasteiger charge is -2.09. The molecule has 0 aromatic rings. The van der Waals surface area contributed by atoms with E-state index >= 15 is 0 Å². The van der Waals surface area contributed by atoms with Gasteiger partial charge in [0.25, 0.3) is 0 Å². The quantitative estimate of drug-likeness (QED) is 0.514. The van der Waals surface area contributed by atoms with Gasteiger partial charge in [-0.05, 0) is 12.0 Å². The lowest BCUT2D eigenvalue weighted by atomic mass is 10.3. The van der Waals surface area contributed by atoms with Gasteiger partial charge in [0.15, 0.2) is 0 Å². The summed E-state index contributed by atoms with van der Waals surface area (Å²) in [5.41, 5.74) is 0.474. The second kappa shape index (κ2) is 6.81. The molecule has 0 saturated carbocycles. The number of amides is 1. The number of alkyl carbamates (subject to hydrolysis) is 1. The van der Waals surface area contributed by atoms with E-state index in [9.17, 15) is 4.79 Å². The molecule has 0 aliphatic carbocycles. The molecule has 1 aliphatic heterocycles. The Morgan fingerprint density at radius 1 is 1.73 bits per heavy atom. The van der Waals surface area contributed by atoms with Crippen molar-refractivity contribution in [3.8, 4) is 0 Å². The minimum atomic E-state index is -0.363. The molecule has 0 aromatic heterocycles. The van der Waals surface area contributed by atoms with E-state index in [1.165, 1.54) is 0 Å². The van der Waals surface area contributed by atoms with Crippen LogP contribution in [0.3, 0.4) is 0 Å². The lowest BCUT2D eigenvalue weighted by molar-refractivity contribution is 0.136. The molecule has 1 fully saturated rings. The molecular formula is C9H17NO4Si. The fourth-order valence-electron chi connectivity index (χ4n) is 1.03. The monoisotopic (exact) mass is 231 g/mol.